The van der Waals surface area contributed by atoms with Crippen molar-refractivity contribution in [3.05, 3.63) is 72.1 Å². The zero-order valence-corrected chi connectivity index (χ0v) is 22.3. The number of carbonyl (C=O) groups excluding carboxylic acids is 1. The van der Waals surface area contributed by atoms with E-state index in [2.05, 4.69) is 25.4 Å². The maximum absolute atomic E-state index is 12.4. The molecule has 0 radical (unpaired) electrons. The molecule has 1 saturated heterocycles. The molecule has 1 amide bonds. The maximum atomic E-state index is 12.4. The Morgan fingerprint density at radius 2 is 1.73 bits per heavy atom. The van der Waals surface area contributed by atoms with Gasteiger partial charge in [0.1, 0.15) is 18.0 Å². The quantitative estimate of drug-likeness (QED) is 0.394. The minimum absolute atomic E-state index is 0.168. The summed E-state index contributed by atoms with van der Waals surface area (Å²) in [6.07, 6.45) is 9.96. The molecule has 0 spiro atoms. The number of imidazole rings is 1. The maximum Gasteiger partial charge on any atom is 0.410 e. The van der Waals surface area contributed by atoms with Gasteiger partial charge >= 0.3 is 6.09 Å². The monoisotopic (exact) mass is 525 g/mol. The second-order valence-electron chi connectivity index (χ2n) is 9.82. The largest absolute Gasteiger partial charge is 0.444 e. The topological polar surface area (TPSA) is 109 Å². The third kappa shape index (κ3) is 7.16. The van der Waals surface area contributed by atoms with Crippen LogP contribution in [-0.4, -0.2) is 69.0 Å². The number of halogens is 1. The van der Waals surface area contributed by atoms with Crippen LogP contribution in [0.25, 0.3) is 5.69 Å². The second-order valence-corrected chi connectivity index (χ2v) is 10.3. The third-order valence-electron chi connectivity index (χ3n) is 5.74. The van der Waals surface area contributed by atoms with E-state index in [1.165, 1.54) is 0 Å². The van der Waals surface area contributed by atoms with Gasteiger partial charge in [-0.3, -0.25) is 4.57 Å². The Bertz CT molecular complexity index is 1250. The zero-order valence-electron chi connectivity index (χ0n) is 21.5. The highest BCUT2D eigenvalue weighted by atomic mass is 35.5. The average Bonchev–Trinajstić information content (AvgIpc) is 3.63. The van der Waals surface area contributed by atoms with Gasteiger partial charge in [0.2, 0.25) is 0 Å². The number of hydrogen-bond donors (Lipinski definition) is 0. The van der Waals surface area contributed by atoms with Crippen LogP contribution in [-0.2, 0) is 18.3 Å². The number of aryl methyl sites for hydroxylation is 1. The van der Waals surface area contributed by atoms with Crippen molar-refractivity contribution in [2.45, 2.75) is 51.7 Å². The van der Waals surface area contributed by atoms with Crippen molar-refractivity contribution in [3.8, 4) is 5.69 Å². The van der Waals surface area contributed by atoms with E-state index in [9.17, 15) is 4.79 Å². The first-order valence-corrected chi connectivity index (χ1v) is 12.5. The lowest BCUT2D eigenvalue weighted by Crippen LogP contribution is -2.41. The van der Waals surface area contributed by atoms with Gasteiger partial charge in [0.25, 0.3) is 0 Å². The molecule has 0 N–H and O–H groups in total. The number of piperidine rings is 1. The molecule has 0 unspecified atom stereocenters. The molecule has 11 nitrogen and oxygen atoms in total. The molecule has 0 aliphatic carbocycles. The van der Waals surface area contributed by atoms with Crippen molar-refractivity contribution in [1.82, 2.24) is 44.2 Å². The highest BCUT2D eigenvalue weighted by Crippen LogP contribution is 2.30. The molecule has 12 heteroatoms. The summed E-state index contributed by atoms with van der Waals surface area (Å²) in [4.78, 5) is 19.5. The lowest BCUT2D eigenvalue weighted by atomic mass is 9.96. The fourth-order valence-corrected chi connectivity index (χ4v) is 4.12. The summed E-state index contributed by atoms with van der Waals surface area (Å²) < 4.78 is 9.45. The van der Waals surface area contributed by atoms with Gasteiger partial charge in [-0.1, -0.05) is 11.6 Å². The van der Waals surface area contributed by atoms with Crippen LogP contribution in [0.15, 0.2) is 55.4 Å². The number of hydrogen-bond acceptors (Lipinski definition) is 7. The van der Waals surface area contributed by atoms with Gasteiger partial charge in [-0.25, -0.2) is 9.78 Å². The number of benzene rings is 1. The van der Waals surface area contributed by atoms with Gasteiger partial charge in [-0.15, -0.1) is 10.2 Å². The van der Waals surface area contributed by atoms with Crippen molar-refractivity contribution < 1.29 is 9.53 Å². The molecule has 4 heterocycles. The van der Waals surface area contributed by atoms with Crippen LogP contribution < -0.4 is 0 Å². The predicted molar refractivity (Wildman–Crippen MR) is 138 cm³/mol. The van der Waals surface area contributed by atoms with E-state index < -0.39 is 5.60 Å². The van der Waals surface area contributed by atoms with Crippen LogP contribution in [0.1, 0.15) is 51.2 Å². The van der Waals surface area contributed by atoms with E-state index in [0.29, 0.717) is 24.7 Å². The van der Waals surface area contributed by atoms with E-state index in [-0.39, 0.29) is 12.0 Å². The fourth-order valence-electron chi connectivity index (χ4n) is 3.99. The molecule has 196 valence electrons. The Kier molecular flexibility index (Phi) is 8.22. The first-order valence-electron chi connectivity index (χ1n) is 12.1. The van der Waals surface area contributed by atoms with Gasteiger partial charge in [-0.05, 0) is 57.9 Å². The second kappa shape index (κ2) is 11.5. The minimum atomic E-state index is -0.502. The molecule has 5 rings (SSSR count). The lowest BCUT2D eigenvalue weighted by Gasteiger charge is -2.33. The number of carbonyl (C=O) groups is 1. The smallest absolute Gasteiger partial charge is 0.410 e. The molecule has 37 heavy (non-hydrogen) atoms. The molecular formula is C25H32ClN9O2. The number of ether oxygens (including phenoxy) is 1. The standard InChI is InChI=1S/C21H26ClN7O2.C4H6N2/c1-21(2,3)31-20(30)27-12-8-15(9-13-27)19-26-25-18(14-28-23-10-11-24-28)29(19)17-6-4-16(22)5-7-17;1-6-3-2-5-4-6/h4-7,10-11,15H,8-9,12-14H2,1-3H3;2-4H,1H3. The van der Waals surface area contributed by atoms with Crippen LogP contribution in [0.4, 0.5) is 4.79 Å². The molecule has 1 aromatic carbocycles. The van der Waals surface area contributed by atoms with Crippen molar-refractivity contribution in [1.29, 1.82) is 0 Å². The summed E-state index contributed by atoms with van der Waals surface area (Å²) >= 11 is 6.09. The normalized spacial score (nSPS) is 14.2. The van der Waals surface area contributed by atoms with Crippen LogP contribution in [0.2, 0.25) is 5.02 Å². The zero-order chi connectivity index (χ0) is 26.4. The first kappa shape index (κ1) is 26.3. The van der Waals surface area contributed by atoms with E-state index in [0.717, 1.165) is 30.2 Å². The van der Waals surface area contributed by atoms with Gasteiger partial charge < -0.3 is 14.2 Å². The fraction of sp³-hybridized carbons (Fsp3) is 0.440. The summed E-state index contributed by atoms with van der Waals surface area (Å²) in [5.41, 5.74) is 0.430. The SMILES string of the molecule is CC(C)(C)OC(=O)N1CCC(c2nnc(Cn3nccn3)n2-c2ccc(Cl)cc2)CC1.Cn1ccnc1. The first-order chi connectivity index (χ1) is 17.7. The average molecular weight is 526 g/mol. The van der Waals surface area contributed by atoms with E-state index in [4.69, 9.17) is 16.3 Å². The summed E-state index contributed by atoms with van der Waals surface area (Å²) in [5, 5.41) is 18.0. The summed E-state index contributed by atoms with van der Waals surface area (Å²) in [6, 6.07) is 7.60. The highest BCUT2D eigenvalue weighted by molar-refractivity contribution is 6.30. The third-order valence-corrected chi connectivity index (χ3v) is 5.99. The van der Waals surface area contributed by atoms with Crippen LogP contribution >= 0.6 is 11.6 Å². The summed E-state index contributed by atoms with van der Waals surface area (Å²) in [6.45, 7) is 7.26. The van der Waals surface area contributed by atoms with Gasteiger partial charge in [0, 0.05) is 49.2 Å². The van der Waals surface area contributed by atoms with Crippen molar-refractivity contribution in [2.75, 3.05) is 13.1 Å². The Morgan fingerprint density at radius 1 is 1.05 bits per heavy atom. The van der Waals surface area contributed by atoms with Crippen LogP contribution in [0, 0.1) is 0 Å². The number of aromatic nitrogens is 8. The molecule has 0 atom stereocenters. The van der Waals surface area contributed by atoms with E-state index in [1.54, 1.807) is 34.6 Å². The van der Waals surface area contributed by atoms with Crippen molar-refractivity contribution in [3.63, 3.8) is 0 Å². The van der Waals surface area contributed by atoms with Crippen molar-refractivity contribution in [2.24, 2.45) is 7.05 Å². The molecular weight excluding hydrogens is 494 g/mol. The van der Waals surface area contributed by atoms with Crippen LogP contribution in [0.3, 0.4) is 0 Å². The molecule has 3 aromatic heterocycles. The molecule has 0 bridgehead atoms. The van der Waals surface area contributed by atoms with Gasteiger partial charge in [0.05, 0.1) is 18.7 Å². The van der Waals surface area contributed by atoms with Crippen molar-refractivity contribution >= 4 is 17.7 Å². The Morgan fingerprint density at radius 3 is 2.27 bits per heavy atom. The molecule has 1 fully saturated rings. The number of amides is 1. The van der Waals surface area contributed by atoms with Gasteiger partial charge in [0.15, 0.2) is 5.82 Å². The summed E-state index contributed by atoms with van der Waals surface area (Å²) in [7, 11) is 1.94. The highest BCUT2D eigenvalue weighted by Gasteiger charge is 2.31. The summed E-state index contributed by atoms with van der Waals surface area (Å²) in [5.74, 6) is 1.78. The number of rotatable bonds is 4. The Hall–Kier alpha value is -3.73. The number of nitrogens with zero attached hydrogens (tertiary/aromatic N) is 9. The Labute approximate surface area is 221 Å². The van der Waals surface area contributed by atoms with E-state index in [1.807, 2.05) is 67.4 Å². The Balaban J connectivity index is 0.000000469. The molecule has 4 aromatic rings. The lowest BCUT2D eigenvalue weighted by molar-refractivity contribution is 0.0202. The van der Waals surface area contributed by atoms with Gasteiger partial charge in [-0.2, -0.15) is 15.0 Å². The predicted octanol–water partition coefficient (Wildman–Crippen LogP) is 4.10. The van der Waals surface area contributed by atoms with Crippen LogP contribution in [0.5, 0.6) is 0 Å². The van der Waals surface area contributed by atoms with E-state index >= 15 is 0 Å². The molecule has 0 saturated carbocycles. The number of likely N-dealkylation sites (tertiary alicyclic amines) is 1. The molecule has 1 aliphatic rings. The minimum Gasteiger partial charge on any atom is -0.444 e. The molecule has 1 aliphatic heterocycles.